The van der Waals surface area contributed by atoms with Crippen LogP contribution >= 0.6 is 0 Å². The number of aliphatic hydroxyl groups excluding tert-OH is 1. The molecule has 0 spiro atoms. The molecule has 1 aliphatic heterocycles. The summed E-state index contributed by atoms with van der Waals surface area (Å²) in [6, 6.07) is 3.22. The Morgan fingerprint density at radius 3 is 2.70 bits per heavy atom. The standard InChI is InChI=1S/C14H16F3NO2/c1-9-4-5-18(13(9)8-20)12-3-2-10(7-19)6-11(12)14(15,16)17/h2-3,6-7,9,13,20H,4-5,8H2,1H3. The lowest BCUT2D eigenvalue weighted by Crippen LogP contribution is -2.36. The molecule has 110 valence electrons. The Kier molecular flexibility index (Phi) is 4.04. The molecule has 0 aliphatic carbocycles. The van der Waals surface area contributed by atoms with Crippen molar-refractivity contribution in [1.29, 1.82) is 0 Å². The van der Waals surface area contributed by atoms with Crippen LogP contribution in [-0.2, 0) is 6.18 Å². The van der Waals surface area contributed by atoms with Gasteiger partial charge in [0, 0.05) is 17.8 Å². The highest BCUT2D eigenvalue weighted by Crippen LogP contribution is 2.40. The van der Waals surface area contributed by atoms with E-state index in [1.165, 1.54) is 12.1 Å². The van der Waals surface area contributed by atoms with E-state index in [1.54, 1.807) is 4.90 Å². The molecule has 1 N–H and O–H groups in total. The van der Waals surface area contributed by atoms with Gasteiger partial charge in [-0.25, -0.2) is 0 Å². The number of aliphatic hydroxyl groups is 1. The van der Waals surface area contributed by atoms with Crippen molar-refractivity contribution in [3.8, 4) is 0 Å². The minimum absolute atomic E-state index is 0.00568. The minimum Gasteiger partial charge on any atom is -0.394 e. The zero-order chi connectivity index (χ0) is 14.9. The monoisotopic (exact) mass is 287 g/mol. The molecule has 20 heavy (non-hydrogen) atoms. The van der Waals surface area contributed by atoms with Crippen molar-refractivity contribution in [2.45, 2.75) is 25.6 Å². The van der Waals surface area contributed by atoms with Crippen LogP contribution in [-0.4, -0.2) is 30.6 Å². The third-order valence-electron chi connectivity index (χ3n) is 3.84. The van der Waals surface area contributed by atoms with Crippen molar-refractivity contribution >= 4 is 12.0 Å². The fourth-order valence-corrected chi connectivity index (χ4v) is 2.69. The van der Waals surface area contributed by atoms with Gasteiger partial charge in [0.25, 0.3) is 0 Å². The average molecular weight is 287 g/mol. The molecule has 2 unspecified atom stereocenters. The van der Waals surface area contributed by atoms with E-state index in [4.69, 9.17) is 0 Å². The summed E-state index contributed by atoms with van der Waals surface area (Å²) in [5.41, 5.74) is -0.796. The van der Waals surface area contributed by atoms with E-state index in [0.717, 1.165) is 12.5 Å². The van der Waals surface area contributed by atoms with Crippen molar-refractivity contribution in [3.63, 3.8) is 0 Å². The van der Waals surface area contributed by atoms with Crippen LogP contribution in [0.25, 0.3) is 0 Å². The van der Waals surface area contributed by atoms with E-state index in [2.05, 4.69) is 0 Å². The number of aldehydes is 1. The maximum Gasteiger partial charge on any atom is 0.418 e. The minimum atomic E-state index is -4.53. The molecule has 6 heteroatoms. The van der Waals surface area contributed by atoms with E-state index in [9.17, 15) is 23.1 Å². The van der Waals surface area contributed by atoms with Gasteiger partial charge >= 0.3 is 6.18 Å². The molecule has 0 bridgehead atoms. The van der Waals surface area contributed by atoms with Crippen LogP contribution in [0, 0.1) is 5.92 Å². The van der Waals surface area contributed by atoms with Crippen molar-refractivity contribution < 1.29 is 23.1 Å². The van der Waals surface area contributed by atoms with Crippen LogP contribution in [0.5, 0.6) is 0 Å². The van der Waals surface area contributed by atoms with Crippen LogP contribution < -0.4 is 4.90 Å². The van der Waals surface area contributed by atoms with E-state index in [1.807, 2.05) is 6.92 Å². The third kappa shape index (κ3) is 2.65. The number of halogens is 3. The lowest BCUT2D eigenvalue weighted by molar-refractivity contribution is -0.137. The molecule has 1 saturated heterocycles. The average Bonchev–Trinajstić information content (AvgIpc) is 2.78. The van der Waals surface area contributed by atoms with E-state index < -0.39 is 11.7 Å². The Labute approximate surface area is 115 Å². The highest BCUT2D eigenvalue weighted by Gasteiger charge is 2.39. The molecule has 2 atom stereocenters. The molecule has 1 aromatic carbocycles. The van der Waals surface area contributed by atoms with Gasteiger partial charge in [-0.15, -0.1) is 0 Å². The number of alkyl halides is 3. The van der Waals surface area contributed by atoms with Gasteiger partial charge in [-0.2, -0.15) is 13.2 Å². The predicted octanol–water partition coefficient (Wildman–Crippen LogP) is 2.73. The maximum absolute atomic E-state index is 13.1. The lowest BCUT2D eigenvalue weighted by Gasteiger charge is -2.30. The number of carbonyl (C=O) groups excluding carboxylic acids is 1. The zero-order valence-corrected chi connectivity index (χ0v) is 11.0. The summed E-state index contributed by atoms with van der Waals surface area (Å²) in [7, 11) is 0. The Morgan fingerprint density at radius 2 is 2.15 bits per heavy atom. The predicted molar refractivity (Wildman–Crippen MR) is 68.8 cm³/mol. The van der Waals surface area contributed by atoms with Crippen LogP contribution in [0.4, 0.5) is 18.9 Å². The van der Waals surface area contributed by atoms with Gasteiger partial charge in [-0.05, 0) is 30.5 Å². The largest absolute Gasteiger partial charge is 0.418 e. The Hall–Kier alpha value is -1.56. The maximum atomic E-state index is 13.1. The number of rotatable bonds is 3. The normalized spacial score (nSPS) is 23.1. The Balaban J connectivity index is 2.48. The Morgan fingerprint density at radius 1 is 1.45 bits per heavy atom. The summed E-state index contributed by atoms with van der Waals surface area (Å²) in [6.45, 7) is 2.19. The van der Waals surface area contributed by atoms with Crippen LogP contribution in [0.2, 0.25) is 0 Å². The fourth-order valence-electron chi connectivity index (χ4n) is 2.69. The molecular weight excluding hydrogens is 271 g/mol. The molecule has 0 aromatic heterocycles. The van der Waals surface area contributed by atoms with Crippen LogP contribution in [0.1, 0.15) is 29.3 Å². The summed E-state index contributed by atoms with van der Waals surface area (Å²) in [6.07, 6.45) is -3.40. The van der Waals surface area contributed by atoms with E-state index in [-0.39, 0.29) is 29.8 Å². The molecule has 0 radical (unpaired) electrons. The lowest BCUT2D eigenvalue weighted by atomic mass is 10.0. The van der Waals surface area contributed by atoms with Crippen LogP contribution in [0.3, 0.4) is 0 Å². The second-order valence-electron chi connectivity index (χ2n) is 5.10. The number of nitrogens with zero attached hydrogens (tertiary/aromatic N) is 1. The van der Waals surface area contributed by atoms with Crippen molar-refractivity contribution in [2.75, 3.05) is 18.1 Å². The fraction of sp³-hybridized carbons (Fsp3) is 0.500. The molecular formula is C14H16F3NO2. The van der Waals surface area contributed by atoms with Crippen LogP contribution in [0.15, 0.2) is 18.2 Å². The van der Waals surface area contributed by atoms with Crippen molar-refractivity contribution in [3.05, 3.63) is 29.3 Å². The van der Waals surface area contributed by atoms with Gasteiger partial charge in [0.05, 0.1) is 18.2 Å². The zero-order valence-electron chi connectivity index (χ0n) is 11.0. The first-order valence-corrected chi connectivity index (χ1v) is 6.42. The van der Waals surface area contributed by atoms with Gasteiger partial charge < -0.3 is 10.0 Å². The molecule has 0 amide bonds. The van der Waals surface area contributed by atoms with Gasteiger partial charge in [0.2, 0.25) is 0 Å². The summed E-state index contributed by atoms with van der Waals surface area (Å²) in [5, 5.41) is 9.38. The molecule has 1 aromatic rings. The molecule has 1 heterocycles. The van der Waals surface area contributed by atoms with Crippen molar-refractivity contribution in [1.82, 2.24) is 0 Å². The molecule has 2 rings (SSSR count). The molecule has 3 nitrogen and oxygen atoms in total. The van der Waals surface area contributed by atoms with Crippen molar-refractivity contribution in [2.24, 2.45) is 5.92 Å². The quantitative estimate of drug-likeness (QED) is 0.869. The van der Waals surface area contributed by atoms with E-state index in [0.29, 0.717) is 12.8 Å². The number of benzene rings is 1. The molecule has 1 fully saturated rings. The summed E-state index contributed by atoms with van der Waals surface area (Å²) < 4.78 is 39.4. The van der Waals surface area contributed by atoms with Gasteiger partial charge in [-0.1, -0.05) is 6.92 Å². The number of anilines is 1. The first kappa shape index (κ1) is 14.8. The van der Waals surface area contributed by atoms with E-state index >= 15 is 0 Å². The second kappa shape index (κ2) is 5.44. The third-order valence-corrected chi connectivity index (χ3v) is 3.84. The number of carbonyl (C=O) groups is 1. The highest BCUT2D eigenvalue weighted by atomic mass is 19.4. The van der Waals surface area contributed by atoms with Gasteiger partial charge in [-0.3, -0.25) is 4.79 Å². The summed E-state index contributed by atoms with van der Waals surface area (Å²) >= 11 is 0. The Bertz CT molecular complexity index is 502. The SMILES string of the molecule is CC1CCN(c2ccc(C=O)cc2C(F)(F)F)C1CO. The smallest absolute Gasteiger partial charge is 0.394 e. The van der Waals surface area contributed by atoms with Gasteiger partial charge in [0.1, 0.15) is 6.29 Å². The number of hydrogen-bond donors (Lipinski definition) is 1. The summed E-state index contributed by atoms with van der Waals surface area (Å²) in [4.78, 5) is 12.3. The summed E-state index contributed by atoms with van der Waals surface area (Å²) in [5.74, 6) is 0.131. The first-order valence-electron chi connectivity index (χ1n) is 6.42. The molecule has 1 aliphatic rings. The second-order valence-corrected chi connectivity index (χ2v) is 5.10. The van der Waals surface area contributed by atoms with Gasteiger partial charge in [0.15, 0.2) is 0 Å². The molecule has 0 saturated carbocycles. The topological polar surface area (TPSA) is 40.5 Å². The number of hydrogen-bond acceptors (Lipinski definition) is 3. The highest BCUT2D eigenvalue weighted by molar-refractivity contribution is 5.77. The first-order chi connectivity index (χ1) is 9.38.